The lowest BCUT2D eigenvalue weighted by Crippen LogP contribution is -2.11. The van der Waals surface area contributed by atoms with E-state index in [9.17, 15) is 4.79 Å². The molecule has 0 bridgehead atoms. The smallest absolute Gasteiger partial charge is 0.341 e. The number of nitrogens with zero attached hydrogens (tertiary/aromatic N) is 5. The van der Waals surface area contributed by atoms with Gasteiger partial charge in [0, 0.05) is 17.8 Å². The van der Waals surface area contributed by atoms with Gasteiger partial charge in [-0.15, -0.1) is 0 Å². The molecule has 0 saturated carbocycles. The fourth-order valence-corrected chi connectivity index (χ4v) is 3.29. The van der Waals surface area contributed by atoms with Crippen molar-refractivity contribution in [3.63, 3.8) is 0 Å². The summed E-state index contributed by atoms with van der Waals surface area (Å²) in [4.78, 5) is 22.0. The summed E-state index contributed by atoms with van der Waals surface area (Å²) >= 11 is 0. The first kappa shape index (κ1) is 18.6. The van der Waals surface area contributed by atoms with Crippen LogP contribution in [0.2, 0.25) is 0 Å². The molecule has 9 nitrogen and oxygen atoms in total. The van der Waals surface area contributed by atoms with Crippen LogP contribution in [0, 0.1) is 0 Å². The molecule has 29 heavy (non-hydrogen) atoms. The topological polar surface area (TPSA) is 122 Å². The number of fused-ring (bicyclic) bond motifs is 1. The zero-order valence-corrected chi connectivity index (χ0v) is 16.3. The van der Waals surface area contributed by atoms with Crippen LogP contribution in [0.3, 0.4) is 0 Å². The highest BCUT2D eigenvalue weighted by molar-refractivity contribution is 6.06. The van der Waals surface area contributed by atoms with Crippen molar-refractivity contribution in [2.24, 2.45) is 0 Å². The maximum atomic E-state index is 12.7. The second kappa shape index (κ2) is 7.34. The van der Waals surface area contributed by atoms with Gasteiger partial charge < -0.3 is 15.0 Å². The number of rotatable bonds is 5. The van der Waals surface area contributed by atoms with E-state index >= 15 is 0 Å². The molecule has 0 fully saturated rings. The molecule has 4 aromatic rings. The number of aromatic nitrogens is 5. The third-order valence-corrected chi connectivity index (χ3v) is 4.50. The van der Waals surface area contributed by atoms with Crippen LogP contribution in [0.25, 0.3) is 33.8 Å². The molecule has 0 amide bonds. The van der Waals surface area contributed by atoms with E-state index in [0.717, 1.165) is 5.56 Å². The molecular weight excluding hydrogens is 372 g/mol. The first-order chi connectivity index (χ1) is 14.0. The number of hydrogen-bond acceptors (Lipinski definition) is 8. The molecule has 0 aliphatic rings. The maximum Gasteiger partial charge on any atom is 0.341 e. The summed E-state index contributed by atoms with van der Waals surface area (Å²) in [5.74, 6) is 0.0998. The van der Waals surface area contributed by atoms with E-state index < -0.39 is 5.97 Å². The fourth-order valence-electron chi connectivity index (χ4n) is 3.29. The van der Waals surface area contributed by atoms with E-state index in [1.165, 1.54) is 6.20 Å². The van der Waals surface area contributed by atoms with Gasteiger partial charge in [-0.25, -0.2) is 14.4 Å². The standard InChI is InChI=1S/C20H20N6O3/c1-4-28-20(27)13-10-22-14(12-8-6-5-7-9-12)15-17(13)26(11(2)3)19(23-15)16-18(21)25-29-24-16/h5-11H,4H2,1-3H3,(H2,21,25). The van der Waals surface area contributed by atoms with Gasteiger partial charge in [0.15, 0.2) is 17.3 Å². The Labute approximate surface area is 166 Å². The Bertz CT molecular complexity index is 1180. The van der Waals surface area contributed by atoms with Crippen LogP contribution >= 0.6 is 0 Å². The van der Waals surface area contributed by atoms with E-state index in [2.05, 4.69) is 15.3 Å². The van der Waals surface area contributed by atoms with E-state index in [-0.39, 0.29) is 18.5 Å². The van der Waals surface area contributed by atoms with Gasteiger partial charge in [-0.2, -0.15) is 0 Å². The van der Waals surface area contributed by atoms with E-state index in [1.807, 2.05) is 48.7 Å². The summed E-state index contributed by atoms with van der Waals surface area (Å²) in [5, 5.41) is 7.57. The SMILES string of the molecule is CCOC(=O)c1cnc(-c2ccccc2)c2nc(-c3nonc3N)n(C(C)C)c12. The van der Waals surface area contributed by atoms with Gasteiger partial charge in [-0.3, -0.25) is 4.98 Å². The summed E-state index contributed by atoms with van der Waals surface area (Å²) in [6.07, 6.45) is 1.53. The lowest BCUT2D eigenvalue weighted by atomic mass is 10.1. The molecule has 0 unspecified atom stereocenters. The van der Waals surface area contributed by atoms with Gasteiger partial charge in [-0.05, 0) is 31.1 Å². The van der Waals surface area contributed by atoms with E-state index in [0.29, 0.717) is 33.8 Å². The lowest BCUT2D eigenvalue weighted by Gasteiger charge is -2.14. The molecule has 1 aromatic carbocycles. The molecule has 0 aliphatic carbocycles. The van der Waals surface area contributed by atoms with Gasteiger partial charge >= 0.3 is 5.97 Å². The van der Waals surface area contributed by atoms with Crippen molar-refractivity contribution in [1.29, 1.82) is 0 Å². The van der Waals surface area contributed by atoms with Crippen molar-refractivity contribution in [2.45, 2.75) is 26.8 Å². The summed E-state index contributed by atoms with van der Waals surface area (Å²) < 4.78 is 11.9. The second-order valence-electron chi connectivity index (χ2n) is 6.70. The molecule has 0 saturated heterocycles. The Balaban J connectivity index is 2.11. The third-order valence-electron chi connectivity index (χ3n) is 4.50. The van der Waals surface area contributed by atoms with Crippen molar-refractivity contribution in [3.05, 3.63) is 42.1 Å². The number of imidazole rings is 1. The number of nitrogens with two attached hydrogens (primary N) is 1. The molecule has 3 aromatic heterocycles. The average Bonchev–Trinajstić information content (AvgIpc) is 3.31. The van der Waals surface area contributed by atoms with Crippen molar-refractivity contribution < 1.29 is 14.2 Å². The summed E-state index contributed by atoms with van der Waals surface area (Å²) in [6, 6.07) is 9.57. The molecule has 3 heterocycles. The molecule has 2 N–H and O–H groups in total. The maximum absolute atomic E-state index is 12.7. The van der Waals surface area contributed by atoms with E-state index in [4.69, 9.17) is 20.1 Å². The molecule has 0 spiro atoms. The van der Waals surface area contributed by atoms with Gasteiger partial charge in [0.25, 0.3) is 0 Å². The second-order valence-corrected chi connectivity index (χ2v) is 6.70. The van der Waals surface area contributed by atoms with Crippen LogP contribution < -0.4 is 5.73 Å². The highest BCUT2D eigenvalue weighted by Crippen LogP contribution is 2.35. The first-order valence-electron chi connectivity index (χ1n) is 9.24. The first-order valence-corrected chi connectivity index (χ1v) is 9.24. The highest BCUT2D eigenvalue weighted by atomic mass is 16.6. The zero-order valence-electron chi connectivity index (χ0n) is 16.3. The largest absolute Gasteiger partial charge is 0.462 e. The number of pyridine rings is 1. The number of esters is 1. The van der Waals surface area contributed by atoms with Crippen molar-refractivity contribution in [2.75, 3.05) is 12.3 Å². The van der Waals surface area contributed by atoms with E-state index in [1.54, 1.807) is 6.92 Å². The summed E-state index contributed by atoms with van der Waals surface area (Å²) in [5.41, 5.74) is 9.23. The Morgan fingerprint density at radius 1 is 1.21 bits per heavy atom. The van der Waals surface area contributed by atoms with Gasteiger partial charge in [0.05, 0.1) is 17.8 Å². The van der Waals surface area contributed by atoms with Crippen LogP contribution in [0.15, 0.2) is 41.2 Å². The number of ether oxygens (including phenoxy) is 1. The Hall–Kier alpha value is -3.75. The number of carbonyl (C=O) groups is 1. The minimum atomic E-state index is -0.468. The minimum absolute atomic E-state index is 0.0645. The van der Waals surface area contributed by atoms with Gasteiger partial charge in [0.2, 0.25) is 0 Å². The number of hydrogen-bond donors (Lipinski definition) is 1. The number of benzene rings is 1. The summed E-state index contributed by atoms with van der Waals surface area (Å²) in [6.45, 7) is 5.97. The Kier molecular flexibility index (Phi) is 4.71. The Morgan fingerprint density at radius 2 is 1.97 bits per heavy atom. The van der Waals surface area contributed by atoms with Crippen LogP contribution in [0.5, 0.6) is 0 Å². The minimum Gasteiger partial charge on any atom is -0.462 e. The molecule has 4 rings (SSSR count). The third kappa shape index (κ3) is 3.10. The predicted molar refractivity (Wildman–Crippen MR) is 107 cm³/mol. The molecule has 9 heteroatoms. The molecule has 0 radical (unpaired) electrons. The Morgan fingerprint density at radius 3 is 2.59 bits per heavy atom. The number of anilines is 1. The van der Waals surface area contributed by atoms with Crippen LogP contribution in [0.4, 0.5) is 5.82 Å². The van der Waals surface area contributed by atoms with Gasteiger partial charge in [-0.1, -0.05) is 30.3 Å². The zero-order chi connectivity index (χ0) is 20.5. The van der Waals surface area contributed by atoms with Crippen LogP contribution in [-0.2, 0) is 4.74 Å². The highest BCUT2D eigenvalue weighted by Gasteiger charge is 2.27. The van der Waals surface area contributed by atoms with Gasteiger partial charge in [0.1, 0.15) is 11.1 Å². The predicted octanol–water partition coefficient (Wildman–Crippen LogP) is 3.49. The molecule has 0 atom stereocenters. The number of carbonyl (C=O) groups excluding carboxylic acids is 1. The van der Waals surface area contributed by atoms with Crippen LogP contribution in [-0.4, -0.2) is 37.4 Å². The quantitative estimate of drug-likeness (QED) is 0.512. The summed E-state index contributed by atoms with van der Waals surface area (Å²) in [7, 11) is 0. The fraction of sp³-hybridized carbons (Fsp3) is 0.250. The normalized spacial score (nSPS) is 11.3. The average molecular weight is 392 g/mol. The monoisotopic (exact) mass is 392 g/mol. The molecular formula is C20H20N6O3. The van der Waals surface area contributed by atoms with Crippen molar-refractivity contribution in [3.8, 4) is 22.8 Å². The molecule has 148 valence electrons. The van der Waals surface area contributed by atoms with Crippen LogP contribution in [0.1, 0.15) is 37.2 Å². The van der Waals surface area contributed by atoms with Crippen molar-refractivity contribution >= 4 is 22.8 Å². The van der Waals surface area contributed by atoms with Crippen molar-refractivity contribution in [1.82, 2.24) is 24.8 Å². The lowest BCUT2D eigenvalue weighted by molar-refractivity contribution is 0.0527. The molecule has 0 aliphatic heterocycles. The number of nitrogen functional groups attached to an aromatic ring is 1.